The summed E-state index contributed by atoms with van der Waals surface area (Å²) >= 11 is 0. The number of hydrogen-bond donors (Lipinski definition) is 0. The molecule has 3 rings (SSSR count). The van der Waals surface area contributed by atoms with Gasteiger partial charge in [0.25, 0.3) is 0 Å². The Hall–Kier alpha value is -3.30. The molecule has 1 amide bonds. The highest BCUT2D eigenvalue weighted by Crippen LogP contribution is 2.28. The Labute approximate surface area is 133 Å². The molecule has 112 valence electrons. The van der Waals surface area contributed by atoms with E-state index in [0.717, 1.165) is 22.1 Å². The molecule has 0 saturated heterocycles. The molecule has 0 atom stereocenters. The molecule has 0 aliphatic rings. The van der Waals surface area contributed by atoms with E-state index in [0.29, 0.717) is 0 Å². The van der Waals surface area contributed by atoms with Gasteiger partial charge in [0.15, 0.2) is 0 Å². The first kappa shape index (κ1) is 14.6. The average molecular weight is 302 g/mol. The van der Waals surface area contributed by atoms with Gasteiger partial charge in [-0.3, -0.25) is 9.69 Å². The molecule has 0 heterocycles. The molecule has 0 aliphatic carbocycles. The van der Waals surface area contributed by atoms with Gasteiger partial charge < -0.3 is 0 Å². The summed E-state index contributed by atoms with van der Waals surface area (Å²) in [4.78, 5) is 16.7. The van der Waals surface area contributed by atoms with Crippen LogP contribution in [0.25, 0.3) is 21.2 Å². The zero-order chi connectivity index (χ0) is 16.1. The molecular weight excluding hydrogens is 288 g/mol. The van der Waals surface area contributed by atoms with Crippen molar-refractivity contribution in [3.05, 3.63) is 83.2 Å². The van der Waals surface area contributed by atoms with Gasteiger partial charge in [0.1, 0.15) is 6.54 Å². The molecule has 0 aromatic heterocycles. The third kappa shape index (κ3) is 3.15. The van der Waals surface area contributed by atoms with Crippen LogP contribution >= 0.6 is 0 Å². The summed E-state index contributed by atoms with van der Waals surface area (Å²) in [6.45, 7) is -0.224. The summed E-state index contributed by atoms with van der Waals surface area (Å²) in [5, 5.41) is 5.54. The van der Waals surface area contributed by atoms with E-state index in [1.807, 2.05) is 72.8 Å². The highest BCUT2D eigenvalue weighted by Gasteiger charge is 2.17. The SMILES string of the molecule is [N-]=[N+]=NCC(=O)N(c1ccccc1)c1ccc2ccccc2c1. The maximum absolute atomic E-state index is 12.5. The van der Waals surface area contributed by atoms with Crippen molar-refractivity contribution in [3.8, 4) is 0 Å². The zero-order valence-electron chi connectivity index (χ0n) is 12.3. The Balaban J connectivity index is 2.09. The van der Waals surface area contributed by atoms with Gasteiger partial charge in [-0.15, -0.1) is 0 Å². The minimum Gasteiger partial charge on any atom is -0.281 e. The molecule has 0 N–H and O–H groups in total. The van der Waals surface area contributed by atoms with Crippen molar-refractivity contribution >= 4 is 28.1 Å². The van der Waals surface area contributed by atoms with Crippen LogP contribution in [0.1, 0.15) is 0 Å². The Morgan fingerprint density at radius 3 is 2.35 bits per heavy atom. The van der Waals surface area contributed by atoms with Crippen molar-refractivity contribution in [2.24, 2.45) is 5.11 Å². The van der Waals surface area contributed by atoms with Gasteiger partial charge >= 0.3 is 0 Å². The number of benzene rings is 3. The maximum Gasteiger partial charge on any atom is 0.237 e. The summed E-state index contributed by atoms with van der Waals surface area (Å²) < 4.78 is 0. The first-order valence-corrected chi connectivity index (χ1v) is 7.17. The largest absolute Gasteiger partial charge is 0.281 e. The topological polar surface area (TPSA) is 69.1 Å². The quantitative estimate of drug-likeness (QED) is 0.387. The molecule has 5 nitrogen and oxygen atoms in total. The monoisotopic (exact) mass is 302 g/mol. The highest BCUT2D eigenvalue weighted by molar-refractivity contribution is 6.03. The van der Waals surface area contributed by atoms with E-state index in [2.05, 4.69) is 10.0 Å². The second kappa shape index (κ2) is 6.64. The van der Waals surface area contributed by atoms with Crippen molar-refractivity contribution < 1.29 is 4.79 Å². The van der Waals surface area contributed by atoms with Crippen LogP contribution in [0.3, 0.4) is 0 Å². The first-order valence-electron chi connectivity index (χ1n) is 7.17. The number of fused-ring (bicyclic) bond motifs is 1. The van der Waals surface area contributed by atoms with Crippen molar-refractivity contribution in [3.63, 3.8) is 0 Å². The summed E-state index contributed by atoms with van der Waals surface area (Å²) in [6.07, 6.45) is 0. The molecular formula is C18H14N4O. The molecule has 0 bridgehead atoms. The number of carbonyl (C=O) groups is 1. The number of carbonyl (C=O) groups excluding carboxylic acids is 1. The molecule has 3 aromatic carbocycles. The minimum atomic E-state index is -0.274. The summed E-state index contributed by atoms with van der Waals surface area (Å²) in [5.41, 5.74) is 9.95. The summed E-state index contributed by atoms with van der Waals surface area (Å²) in [6, 6.07) is 23.1. The molecule has 5 heteroatoms. The number of anilines is 2. The van der Waals surface area contributed by atoms with Crippen LogP contribution in [0, 0.1) is 0 Å². The second-order valence-electron chi connectivity index (χ2n) is 4.99. The molecule has 3 aromatic rings. The molecule has 0 saturated carbocycles. The van der Waals surface area contributed by atoms with E-state index in [1.54, 1.807) is 4.90 Å². The normalized spacial score (nSPS) is 10.1. The van der Waals surface area contributed by atoms with Gasteiger partial charge in [0.05, 0.1) is 0 Å². The predicted octanol–water partition coefficient (Wildman–Crippen LogP) is 4.81. The third-order valence-electron chi connectivity index (χ3n) is 3.52. The lowest BCUT2D eigenvalue weighted by atomic mass is 10.1. The minimum absolute atomic E-state index is 0.224. The lowest BCUT2D eigenvalue weighted by Gasteiger charge is -2.22. The molecule has 0 radical (unpaired) electrons. The Bertz CT molecular complexity index is 886. The Morgan fingerprint density at radius 2 is 1.61 bits per heavy atom. The summed E-state index contributed by atoms with van der Waals surface area (Å²) in [7, 11) is 0. The van der Waals surface area contributed by atoms with E-state index >= 15 is 0 Å². The van der Waals surface area contributed by atoms with Gasteiger partial charge in [-0.2, -0.15) is 0 Å². The molecule has 0 fully saturated rings. The third-order valence-corrected chi connectivity index (χ3v) is 3.52. The van der Waals surface area contributed by atoms with Gasteiger partial charge in [-0.05, 0) is 40.6 Å². The number of para-hydroxylation sites is 1. The molecule has 0 unspecified atom stereocenters. The van der Waals surface area contributed by atoms with Crippen LogP contribution < -0.4 is 4.90 Å². The molecule has 0 spiro atoms. The number of azide groups is 1. The number of hydrogen-bond acceptors (Lipinski definition) is 2. The number of rotatable bonds is 4. The van der Waals surface area contributed by atoms with Gasteiger partial charge in [-0.25, -0.2) is 0 Å². The average Bonchev–Trinajstić information content (AvgIpc) is 2.61. The zero-order valence-corrected chi connectivity index (χ0v) is 12.3. The second-order valence-corrected chi connectivity index (χ2v) is 4.99. The first-order chi connectivity index (χ1) is 11.3. The lowest BCUT2D eigenvalue weighted by Crippen LogP contribution is -2.27. The maximum atomic E-state index is 12.5. The Kier molecular flexibility index (Phi) is 4.22. The van der Waals surface area contributed by atoms with E-state index in [9.17, 15) is 4.79 Å². The molecule has 0 aliphatic heterocycles. The van der Waals surface area contributed by atoms with Gasteiger partial charge in [0.2, 0.25) is 5.91 Å². The standard InChI is InChI=1S/C18H14N4O/c19-21-20-13-18(23)22(16-8-2-1-3-9-16)17-11-10-14-6-4-5-7-15(14)12-17/h1-12H,13H2. The molecule has 23 heavy (non-hydrogen) atoms. The van der Waals surface area contributed by atoms with E-state index in [1.165, 1.54) is 0 Å². The fourth-order valence-corrected chi connectivity index (χ4v) is 2.49. The van der Waals surface area contributed by atoms with Crippen molar-refractivity contribution in [2.75, 3.05) is 11.4 Å². The van der Waals surface area contributed by atoms with Crippen LogP contribution in [-0.2, 0) is 4.79 Å². The van der Waals surface area contributed by atoms with Crippen LogP contribution in [0.15, 0.2) is 77.9 Å². The van der Waals surface area contributed by atoms with Crippen LogP contribution in [-0.4, -0.2) is 12.5 Å². The highest BCUT2D eigenvalue weighted by atomic mass is 16.2. The van der Waals surface area contributed by atoms with Crippen LogP contribution in [0.4, 0.5) is 11.4 Å². The van der Waals surface area contributed by atoms with Crippen molar-refractivity contribution in [1.29, 1.82) is 0 Å². The predicted molar refractivity (Wildman–Crippen MR) is 91.5 cm³/mol. The van der Waals surface area contributed by atoms with Gasteiger partial charge in [-0.1, -0.05) is 53.6 Å². The van der Waals surface area contributed by atoms with E-state index in [-0.39, 0.29) is 12.5 Å². The van der Waals surface area contributed by atoms with Crippen LogP contribution in [0.5, 0.6) is 0 Å². The number of amides is 1. The van der Waals surface area contributed by atoms with Crippen molar-refractivity contribution in [1.82, 2.24) is 0 Å². The van der Waals surface area contributed by atoms with Crippen molar-refractivity contribution in [2.45, 2.75) is 0 Å². The van der Waals surface area contributed by atoms with Crippen LogP contribution in [0.2, 0.25) is 0 Å². The van der Waals surface area contributed by atoms with E-state index in [4.69, 9.17) is 5.53 Å². The van der Waals surface area contributed by atoms with Gasteiger partial charge in [0, 0.05) is 16.3 Å². The fraction of sp³-hybridized carbons (Fsp3) is 0.0556. The Morgan fingerprint density at radius 1 is 0.913 bits per heavy atom. The van der Waals surface area contributed by atoms with E-state index < -0.39 is 0 Å². The fourth-order valence-electron chi connectivity index (χ4n) is 2.49. The summed E-state index contributed by atoms with van der Waals surface area (Å²) in [5.74, 6) is -0.274. The number of nitrogens with zero attached hydrogens (tertiary/aromatic N) is 4. The lowest BCUT2D eigenvalue weighted by molar-refractivity contribution is -0.116. The smallest absolute Gasteiger partial charge is 0.237 e.